The number of Topliss-reactive ketones (excluding diaryl/α,β-unsaturated/α-hetero) is 1. The average Bonchev–Trinajstić information content (AvgIpc) is 3.08. The highest BCUT2D eigenvalue weighted by Crippen LogP contribution is 2.42. The van der Waals surface area contributed by atoms with Crippen LogP contribution < -0.4 is 10.1 Å². The minimum Gasteiger partial charge on any atom is -0.507 e. The maximum atomic E-state index is 12.0. The number of nitrogens with zero attached hydrogens (tertiary/aromatic N) is 1. The minimum atomic E-state index is 0.00107. The van der Waals surface area contributed by atoms with Crippen LogP contribution in [0.3, 0.4) is 0 Å². The zero-order valence-electron chi connectivity index (χ0n) is 17.6. The van der Waals surface area contributed by atoms with Crippen molar-refractivity contribution in [2.24, 2.45) is 0 Å². The Bertz CT molecular complexity index is 743. The molecule has 8 heteroatoms. The molecule has 2 rings (SSSR count). The Balaban J connectivity index is 0.000000516. The monoisotopic (exact) mass is 408 g/mol. The number of benzene rings is 1. The number of hydroxylamine groups is 2. The number of fused-ring (bicyclic) bond motifs is 1. The van der Waals surface area contributed by atoms with E-state index in [1.54, 1.807) is 14.2 Å². The Morgan fingerprint density at radius 1 is 1.31 bits per heavy atom. The van der Waals surface area contributed by atoms with E-state index in [2.05, 4.69) is 5.32 Å². The summed E-state index contributed by atoms with van der Waals surface area (Å²) in [6, 6.07) is 0. The van der Waals surface area contributed by atoms with Crippen molar-refractivity contribution >= 4 is 12.1 Å². The van der Waals surface area contributed by atoms with Crippen LogP contribution in [0.15, 0.2) is 11.6 Å². The normalized spacial score (nSPS) is 13.2. The number of allylic oxidation sites excluding steroid dienone is 2. The highest BCUT2D eigenvalue weighted by Gasteiger charge is 2.30. The molecular weight excluding hydrogens is 376 g/mol. The van der Waals surface area contributed by atoms with Gasteiger partial charge in [-0.15, -0.1) is 0 Å². The van der Waals surface area contributed by atoms with Gasteiger partial charge in [-0.05, 0) is 51.3 Å². The zero-order chi connectivity index (χ0) is 22.0. The maximum absolute atomic E-state index is 12.0. The number of ether oxygens (including phenoxy) is 1. The summed E-state index contributed by atoms with van der Waals surface area (Å²) in [5.41, 5.74) is 4.05. The first-order chi connectivity index (χ1) is 13.8. The smallest absolute Gasteiger partial charge is 0.167 e. The highest BCUT2D eigenvalue weighted by atomic mass is 16.8. The Labute approximate surface area is 171 Å². The number of methoxy groups -OCH3 is 1. The van der Waals surface area contributed by atoms with Crippen LogP contribution in [0.25, 0.3) is 0 Å². The van der Waals surface area contributed by atoms with Gasteiger partial charge in [0.15, 0.2) is 5.78 Å². The number of likely N-dealkylation sites (N-methyl/N-ethyl adjacent to an activating group) is 1. The van der Waals surface area contributed by atoms with E-state index >= 15 is 0 Å². The van der Waals surface area contributed by atoms with Crippen molar-refractivity contribution in [2.75, 3.05) is 27.2 Å². The molecule has 162 valence electrons. The minimum absolute atomic E-state index is 0.00107. The maximum Gasteiger partial charge on any atom is 0.167 e. The summed E-state index contributed by atoms with van der Waals surface area (Å²) < 4.78 is 5.47. The van der Waals surface area contributed by atoms with Crippen molar-refractivity contribution in [3.8, 4) is 11.5 Å². The van der Waals surface area contributed by atoms with Gasteiger partial charge in [-0.2, -0.15) is 0 Å². The molecule has 1 aromatic rings. The van der Waals surface area contributed by atoms with Crippen molar-refractivity contribution in [1.82, 2.24) is 10.5 Å². The number of hydrogen-bond acceptors (Lipinski definition) is 8. The molecule has 0 saturated heterocycles. The second-order valence-corrected chi connectivity index (χ2v) is 6.92. The van der Waals surface area contributed by atoms with Crippen molar-refractivity contribution in [3.05, 3.63) is 33.9 Å². The molecule has 0 fully saturated rings. The van der Waals surface area contributed by atoms with Crippen molar-refractivity contribution in [3.63, 3.8) is 0 Å². The van der Waals surface area contributed by atoms with Gasteiger partial charge in [0.1, 0.15) is 17.8 Å². The van der Waals surface area contributed by atoms with Crippen LogP contribution in [0.1, 0.15) is 53.2 Å². The topological polar surface area (TPSA) is 119 Å². The van der Waals surface area contributed by atoms with E-state index in [1.807, 2.05) is 19.9 Å². The molecule has 0 saturated carbocycles. The van der Waals surface area contributed by atoms with Crippen molar-refractivity contribution < 1.29 is 29.8 Å². The number of hydrogen-bond donors (Lipinski definition) is 4. The van der Waals surface area contributed by atoms with Crippen LogP contribution in [0.5, 0.6) is 11.5 Å². The van der Waals surface area contributed by atoms with Crippen LogP contribution >= 0.6 is 0 Å². The summed E-state index contributed by atoms with van der Waals surface area (Å²) in [6.07, 6.45) is 5.67. The SMILES string of the molecule is CNCCN(O)O.COc1c(C)c2c(c(O)c1C/C=C(\C)CCC=O)C(=O)CC2. The fourth-order valence-corrected chi connectivity index (χ4v) is 3.27. The third-order valence-corrected chi connectivity index (χ3v) is 4.85. The van der Waals surface area contributed by atoms with E-state index < -0.39 is 0 Å². The molecule has 4 N–H and O–H groups in total. The van der Waals surface area contributed by atoms with E-state index in [4.69, 9.17) is 15.2 Å². The third kappa shape index (κ3) is 6.93. The van der Waals surface area contributed by atoms with Gasteiger partial charge < -0.3 is 20.0 Å². The van der Waals surface area contributed by atoms with Gasteiger partial charge >= 0.3 is 0 Å². The molecule has 8 nitrogen and oxygen atoms in total. The standard InChI is InChI=1S/C18H22O4.C3H10N2O2/c1-11(5-4-10-19)6-7-14-17(21)16-13(8-9-15(16)20)12(2)18(14)22-3;1-4-2-3-5(6)7/h6,10,21H,4-5,7-9H2,1-3H3;4,6-7H,2-3H2,1H3/b11-6+;. The van der Waals surface area contributed by atoms with Crippen LogP contribution in [0.4, 0.5) is 0 Å². The molecular formula is C21H32N2O6. The Morgan fingerprint density at radius 2 is 2.00 bits per heavy atom. The van der Waals surface area contributed by atoms with E-state index in [-0.39, 0.29) is 23.3 Å². The quantitative estimate of drug-likeness (QED) is 0.280. The summed E-state index contributed by atoms with van der Waals surface area (Å²) >= 11 is 0. The lowest BCUT2D eigenvalue weighted by Gasteiger charge is -2.17. The summed E-state index contributed by atoms with van der Waals surface area (Å²) in [5, 5.41) is 29.5. The molecule has 0 spiro atoms. The molecule has 1 aliphatic rings. The molecule has 0 heterocycles. The van der Waals surface area contributed by atoms with Gasteiger partial charge in [0.2, 0.25) is 0 Å². The molecule has 0 atom stereocenters. The number of carbonyl (C=O) groups is 2. The van der Waals surface area contributed by atoms with Gasteiger partial charge in [-0.1, -0.05) is 16.9 Å². The van der Waals surface area contributed by atoms with Gasteiger partial charge in [-0.25, -0.2) is 0 Å². The largest absolute Gasteiger partial charge is 0.507 e. The Hall–Kier alpha value is -2.26. The zero-order valence-corrected chi connectivity index (χ0v) is 17.6. The first-order valence-corrected chi connectivity index (χ1v) is 9.61. The molecule has 29 heavy (non-hydrogen) atoms. The number of ketones is 1. The van der Waals surface area contributed by atoms with E-state index in [1.165, 1.54) is 0 Å². The second kappa shape index (κ2) is 12.3. The van der Waals surface area contributed by atoms with Crippen LogP contribution in [0.2, 0.25) is 0 Å². The molecule has 1 aromatic carbocycles. The van der Waals surface area contributed by atoms with E-state index in [0.717, 1.165) is 23.0 Å². The summed E-state index contributed by atoms with van der Waals surface area (Å²) in [7, 11) is 3.32. The molecule has 0 aliphatic heterocycles. The molecule has 0 amide bonds. The van der Waals surface area contributed by atoms with Crippen LogP contribution in [-0.4, -0.2) is 60.1 Å². The van der Waals surface area contributed by atoms with E-state index in [0.29, 0.717) is 55.5 Å². The van der Waals surface area contributed by atoms with Crippen molar-refractivity contribution in [1.29, 1.82) is 0 Å². The van der Waals surface area contributed by atoms with E-state index in [9.17, 15) is 14.7 Å². The highest BCUT2D eigenvalue weighted by molar-refractivity contribution is 6.04. The lowest BCUT2D eigenvalue weighted by atomic mass is 9.94. The number of phenols is 1. The van der Waals surface area contributed by atoms with Gasteiger partial charge in [0.25, 0.3) is 0 Å². The second-order valence-electron chi connectivity index (χ2n) is 6.92. The summed E-state index contributed by atoms with van der Waals surface area (Å²) in [4.78, 5) is 22.4. The van der Waals surface area contributed by atoms with Gasteiger partial charge in [0.05, 0.1) is 19.2 Å². The lowest BCUT2D eigenvalue weighted by molar-refractivity contribution is -0.305. The molecule has 0 radical (unpaired) electrons. The number of phenolic OH excluding ortho intramolecular Hbond substituents is 1. The first kappa shape index (κ1) is 24.8. The first-order valence-electron chi connectivity index (χ1n) is 9.61. The van der Waals surface area contributed by atoms with Gasteiger partial charge in [-0.3, -0.25) is 15.2 Å². The summed E-state index contributed by atoms with van der Waals surface area (Å²) in [5.74, 6) is 0.714. The number of carbonyl (C=O) groups excluding carboxylic acids is 2. The Kier molecular flexibility index (Phi) is 10.5. The number of aromatic hydroxyl groups is 1. The lowest BCUT2D eigenvalue weighted by Crippen LogP contribution is -2.24. The molecule has 1 aliphatic carbocycles. The number of nitrogens with one attached hydrogen (secondary N) is 1. The third-order valence-electron chi connectivity index (χ3n) is 4.85. The molecule has 0 bridgehead atoms. The van der Waals surface area contributed by atoms with Crippen LogP contribution in [-0.2, 0) is 17.6 Å². The summed E-state index contributed by atoms with van der Waals surface area (Å²) in [6.45, 7) is 4.70. The Morgan fingerprint density at radius 3 is 2.52 bits per heavy atom. The number of aldehydes is 1. The fourth-order valence-electron chi connectivity index (χ4n) is 3.27. The predicted octanol–water partition coefficient (Wildman–Crippen LogP) is 2.59. The van der Waals surface area contributed by atoms with Crippen molar-refractivity contribution in [2.45, 2.75) is 46.0 Å². The average molecular weight is 408 g/mol. The van der Waals surface area contributed by atoms with Crippen LogP contribution in [0, 0.1) is 6.92 Å². The number of rotatable bonds is 9. The van der Waals surface area contributed by atoms with Gasteiger partial charge in [0, 0.05) is 24.9 Å². The predicted molar refractivity (Wildman–Crippen MR) is 109 cm³/mol. The molecule has 0 unspecified atom stereocenters. The fraction of sp³-hybridized carbons (Fsp3) is 0.524. The molecule has 0 aromatic heterocycles.